The quantitative estimate of drug-likeness (QED) is 0.484. The van der Waals surface area contributed by atoms with E-state index in [2.05, 4.69) is 5.43 Å². The maximum Gasteiger partial charge on any atom is 0.673 e. The van der Waals surface area contributed by atoms with Crippen LogP contribution in [0.3, 0.4) is 0 Å². The number of amides is 1. The normalized spacial score (nSPS) is 10.7. The molecule has 130 valence electrons. The van der Waals surface area contributed by atoms with Crippen LogP contribution in [-0.2, 0) is 0 Å². The molecule has 0 saturated heterocycles. The van der Waals surface area contributed by atoms with Gasteiger partial charge in [0.15, 0.2) is 0 Å². The topological polar surface area (TPSA) is 33.0 Å². The Morgan fingerprint density at radius 3 is 2.00 bits per heavy atom. The van der Waals surface area contributed by atoms with Crippen molar-refractivity contribution in [2.24, 2.45) is 0 Å². The van der Waals surface area contributed by atoms with Crippen LogP contribution >= 0.6 is 11.6 Å². The van der Waals surface area contributed by atoms with Gasteiger partial charge >= 0.3 is 13.2 Å². The van der Waals surface area contributed by atoms with Gasteiger partial charge in [0.05, 0.1) is 0 Å². The van der Waals surface area contributed by atoms with Gasteiger partial charge in [0.25, 0.3) is 0 Å². The molecule has 9 heteroatoms. The van der Waals surface area contributed by atoms with Crippen LogP contribution in [0.25, 0.3) is 0 Å². The van der Waals surface area contributed by atoms with Gasteiger partial charge in [-0.25, -0.2) is 0 Å². The molecule has 1 aromatic carbocycles. The average molecular weight is 363 g/mol. The maximum absolute atomic E-state index is 12.2. The molecule has 1 heterocycles. The summed E-state index contributed by atoms with van der Waals surface area (Å²) in [4.78, 5) is 12.2. The first-order chi connectivity index (χ1) is 11.0. The van der Waals surface area contributed by atoms with E-state index in [0.717, 1.165) is 11.4 Å². The van der Waals surface area contributed by atoms with Gasteiger partial charge in [-0.05, 0) is 30.7 Å². The van der Waals surface area contributed by atoms with Crippen molar-refractivity contribution >= 4 is 24.8 Å². The van der Waals surface area contributed by atoms with Crippen molar-refractivity contribution < 1.29 is 26.7 Å². The lowest BCUT2D eigenvalue weighted by Crippen LogP contribution is -2.52. The summed E-state index contributed by atoms with van der Waals surface area (Å²) in [6.45, 7) is 5.94. The van der Waals surface area contributed by atoms with Crippen molar-refractivity contribution in [3.63, 3.8) is 0 Å². The number of halogens is 5. The van der Waals surface area contributed by atoms with Crippen molar-refractivity contribution in [3.8, 4) is 0 Å². The van der Waals surface area contributed by atoms with Crippen LogP contribution < -0.4 is 10.1 Å². The van der Waals surface area contributed by atoms with Gasteiger partial charge < -0.3 is 17.3 Å². The average Bonchev–Trinajstić information content (AvgIpc) is 2.40. The molecule has 0 aliphatic rings. The maximum atomic E-state index is 12.2. The number of nitrogens with one attached hydrogen (secondary N) is 1. The lowest BCUT2D eigenvalue weighted by atomic mass is 10.2. The molecular weight excluding hydrogens is 346 g/mol. The van der Waals surface area contributed by atoms with Crippen LogP contribution in [0, 0.1) is 20.8 Å². The number of carbonyl (C=O) groups excluding carboxylic acids is 1. The van der Waals surface area contributed by atoms with Crippen LogP contribution in [0.5, 0.6) is 0 Å². The fraction of sp³-hybridized carbons (Fsp3) is 0.200. The van der Waals surface area contributed by atoms with Crippen molar-refractivity contribution in [1.82, 2.24) is 0 Å². The Morgan fingerprint density at radius 2 is 1.54 bits per heavy atom. The van der Waals surface area contributed by atoms with E-state index in [4.69, 9.17) is 11.6 Å². The molecule has 2 rings (SSSR count). The first-order valence-corrected chi connectivity index (χ1v) is 7.29. The molecule has 0 saturated carbocycles. The zero-order chi connectivity index (χ0) is 18.5. The summed E-state index contributed by atoms with van der Waals surface area (Å²) in [6, 6.07) is 10.9. The van der Waals surface area contributed by atoms with Gasteiger partial charge in [-0.3, -0.25) is 4.79 Å². The van der Waals surface area contributed by atoms with Gasteiger partial charge in [0, 0.05) is 36.6 Å². The van der Waals surface area contributed by atoms with Crippen molar-refractivity contribution in [3.05, 3.63) is 63.9 Å². The fourth-order valence-electron chi connectivity index (χ4n) is 2.08. The minimum Gasteiger partial charge on any atom is -0.418 e. The SMILES string of the molecule is Cc1cc(C)[n+](NC(=O)c2cccc(Cl)c2)c(C)c1.F[B-](F)(F)F. The second kappa shape index (κ2) is 8.14. The third-order valence-electron chi connectivity index (χ3n) is 2.88. The zero-order valence-electron chi connectivity index (χ0n) is 13.3. The molecule has 0 aliphatic carbocycles. The highest BCUT2D eigenvalue weighted by molar-refractivity contribution is 6.50. The highest BCUT2D eigenvalue weighted by Gasteiger charge is 2.20. The molecule has 0 radical (unpaired) electrons. The Kier molecular flexibility index (Phi) is 6.77. The number of benzene rings is 1. The largest absolute Gasteiger partial charge is 0.673 e. The van der Waals surface area contributed by atoms with Crippen molar-refractivity contribution in [2.45, 2.75) is 20.8 Å². The van der Waals surface area contributed by atoms with E-state index in [1.54, 1.807) is 28.9 Å². The van der Waals surface area contributed by atoms with Gasteiger partial charge in [-0.1, -0.05) is 22.3 Å². The van der Waals surface area contributed by atoms with Crippen molar-refractivity contribution in [1.29, 1.82) is 0 Å². The predicted octanol–water partition coefficient (Wildman–Crippen LogP) is 4.24. The highest BCUT2D eigenvalue weighted by atomic mass is 35.5. The predicted molar refractivity (Wildman–Crippen MR) is 86.2 cm³/mol. The van der Waals surface area contributed by atoms with E-state index in [1.807, 2.05) is 32.9 Å². The molecule has 0 aliphatic heterocycles. The van der Waals surface area contributed by atoms with E-state index in [1.165, 1.54) is 5.56 Å². The van der Waals surface area contributed by atoms with Crippen molar-refractivity contribution in [2.75, 3.05) is 5.43 Å². The molecule has 2 aromatic rings. The first kappa shape index (κ1) is 20.0. The number of nitrogens with zero attached hydrogens (tertiary/aromatic N) is 1. The summed E-state index contributed by atoms with van der Waals surface area (Å²) in [7, 11) is -6.00. The zero-order valence-corrected chi connectivity index (χ0v) is 14.0. The molecule has 3 nitrogen and oxygen atoms in total. The Morgan fingerprint density at radius 1 is 1.04 bits per heavy atom. The van der Waals surface area contributed by atoms with Crippen LogP contribution in [0.4, 0.5) is 17.3 Å². The first-order valence-electron chi connectivity index (χ1n) is 6.91. The summed E-state index contributed by atoms with van der Waals surface area (Å²) in [5.41, 5.74) is 6.54. The molecule has 1 amide bonds. The molecule has 0 fully saturated rings. The number of aromatic nitrogens is 1. The molecule has 24 heavy (non-hydrogen) atoms. The monoisotopic (exact) mass is 362 g/mol. The van der Waals surface area contributed by atoms with Crippen LogP contribution in [0.15, 0.2) is 36.4 Å². The lowest BCUT2D eigenvalue weighted by Gasteiger charge is -2.06. The summed E-state index contributed by atoms with van der Waals surface area (Å²) in [5, 5.41) is 0.551. The van der Waals surface area contributed by atoms with Gasteiger partial charge in [0.2, 0.25) is 11.4 Å². The van der Waals surface area contributed by atoms with Crippen LogP contribution in [-0.4, -0.2) is 13.2 Å². The standard InChI is InChI=1S/C15H15ClN2O.BF4/c1-10-7-11(2)18(12(3)8-10)17-15(19)13-5-4-6-14(16)9-13;2-1(3,4)5/h4-9H,1-3H3;/q;-1/p+1. The number of aryl methyl sites for hydroxylation is 3. The van der Waals surface area contributed by atoms with E-state index < -0.39 is 7.25 Å². The third kappa shape index (κ3) is 7.00. The summed E-state index contributed by atoms with van der Waals surface area (Å²) < 4.78 is 40.8. The fourth-order valence-corrected chi connectivity index (χ4v) is 2.27. The summed E-state index contributed by atoms with van der Waals surface area (Å²) in [6.07, 6.45) is 0. The molecule has 0 bridgehead atoms. The van der Waals surface area contributed by atoms with Crippen LogP contribution in [0.2, 0.25) is 5.02 Å². The highest BCUT2D eigenvalue weighted by Crippen LogP contribution is 2.10. The summed E-state index contributed by atoms with van der Waals surface area (Å²) in [5.74, 6) is -0.178. The molecule has 1 aromatic heterocycles. The van der Waals surface area contributed by atoms with E-state index >= 15 is 0 Å². The number of hydrogen-bond donors (Lipinski definition) is 1. The van der Waals surface area contributed by atoms with Crippen LogP contribution in [0.1, 0.15) is 27.3 Å². The van der Waals surface area contributed by atoms with Gasteiger partial charge in [0.1, 0.15) is 0 Å². The molecular formula is C15H16BClF4N2O. The number of rotatable bonds is 2. The molecule has 0 atom stereocenters. The molecule has 1 N–H and O–H groups in total. The number of hydrogen-bond acceptors (Lipinski definition) is 1. The Balaban J connectivity index is 0.000000505. The smallest absolute Gasteiger partial charge is 0.418 e. The van der Waals surface area contributed by atoms with E-state index in [-0.39, 0.29) is 5.91 Å². The van der Waals surface area contributed by atoms with E-state index in [9.17, 15) is 22.1 Å². The Hall–Kier alpha value is -2.09. The number of pyridine rings is 1. The Labute approximate surface area is 142 Å². The second-order valence-corrected chi connectivity index (χ2v) is 5.53. The number of carbonyl (C=O) groups is 1. The van der Waals surface area contributed by atoms with Gasteiger partial charge in [-0.15, -0.1) is 5.43 Å². The molecule has 0 spiro atoms. The lowest BCUT2D eigenvalue weighted by molar-refractivity contribution is -0.654. The minimum absolute atomic E-state index is 0.178. The van der Waals surface area contributed by atoms with Gasteiger partial charge in [-0.2, -0.15) is 0 Å². The Bertz CT molecular complexity index is 709. The summed E-state index contributed by atoms with van der Waals surface area (Å²) >= 11 is 5.89. The third-order valence-corrected chi connectivity index (χ3v) is 3.11. The minimum atomic E-state index is -6.00. The second-order valence-electron chi connectivity index (χ2n) is 5.10. The molecule has 0 unspecified atom stereocenters. The van der Waals surface area contributed by atoms with E-state index in [0.29, 0.717) is 10.6 Å².